The Hall–Kier alpha value is -0.680. The summed E-state index contributed by atoms with van der Waals surface area (Å²) in [5.74, 6) is 0.500. The first kappa shape index (κ1) is 17.4. The lowest BCUT2D eigenvalue weighted by Crippen LogP contribution is -2.19. The predicted octanol–water partition coefficient (Wildman–Crippen LogP) is 5.18. The molecule has 1 aromatic rings. The maximum atomic E-state index is 12.1. The Labute approximate surface area is 123 Å². The van der Waals surface area contributed by atoms with Crippen LogP contribution in [0.5, 0.6) is 0 Å². The molecule has 0 saturated carbocycles. The molecule has 0 bridgehead atoms. The highest BCUT2D eigenvalue weighted by Crippen LogP contribution is 2.26. The average molecular weight is 305 g/mol. The van der Waals surface area contributed by atoms with Crippen LogP contribution in [0, 0.1) is 0 Å². The van der Waals surface area contributed by atoms with Crippen molar-refractivity contribution < 1.29 is 13.2 Å². The fourth-order valence-corrected chi connectivity index (χ4v) is 2.73. The fraction of sp³-hybridized carbons (Fsp3) is 0.600. The second kappa shape index (κ2) is 8.57. The highest BCUT2D eigenvalue weighted by molar-refractivity contribution is 7.99. The van der Waals surface area contributed by atoms with Gasteiger partial charge in [0, 0.05) is 17.4 Å². The molecule has 114 valence electrons. The van der Waals surface area contributed by atoms with Gasteiger partial charge in [0.1, 0.15) is 0 Å². The first-order valence-corrected chi connectivity index (χ1v) is 7.94. The number of hydrogen-bond acceptors (Lipinski definition) is 2. The zero-order valence-corrected chi connectivity index (χ0v) is 12.8. The van der Waals surface area contributed by atoms with Crippen molar-refractivity contribution in [3.8, 4) is 0 Å². The van der Waals surface area contributed by atoms with Crippen LogP contribution in [0.4, 0.5) is 13.2 Å². The van der Waals surface area contributed by atoms with Crippen molar-refractivity contribution in [2.75, 3.05) is 12.3 Å². The number of alkyl halides is 3. The summed E-state index contributed by atoms with van der Waals surface area (Å²) in [6, 6.07) is 8.30. The van der Waals surface area contributed by atoms with Crippen LogP contribution in [0.2, 0.25) is 0 Å². The van der Waals surface area contributed by atoms with Gasteiger partial charge in [0.2, 0.25) is 0 Å². The van der Waals surface area contributed by atoms with Gasteiger partial charge in [-0.2, -0.15) is 13.2 Å². The van der Waals surface area contributed by atoms with Gasteiger partial charge in [-0.05, 0) is 49.8 Å². The maximum absolute atomic E-state index is 12.1. The van der Waals surface area contributed by atoms with Gasteiger partial charge in [-0.1, -0.05) is 19.1 Å². The Morgan fingerprint density at radius 3 is 2.70 bits per heavy atom. The van der Waals surface area contributed by atoms with Crippen LogP contribution in [-0.2, 0) is 0 Å². The third-order valence-corrected chi connectivity index (χ3v) is 4.01. The van der Waals surface area contributed by atoms with E-state index in [4.69, 9.17) is 0 Å². The van der Waals surface area contributed by atoms with Crippen molar-refractivity contribution >= 4 is 11.8 Å². The lowest BCUT2D eigenvalue weighted by molar-refractivity contribution is -0.134. The van der Waals surface area contributed by atoms with Crippen molar-refractivity contribution in [2.24, 2.45) is 0 Å². The minimum absolute atomic E-state index is 0.169. The summed E-state index contributed by atoms with van der Waals surface area (Å²) in [7, 11) is 0. The van der Waals surface area contributed by atoms with E-state index in [1.807, 2.05) is 18.2 Å². The van der Waals surface area contributed by atoms with E-state index in [0.29, 0.717) is 5.75 Å². The van der Waals surface area contributed by atoms with Gasteiger partial charge in [-0.3, -0.25) is 0 Å². The highest BCUT2D eigenvalue weighted by atomic mass is 32.2. The fourth-order valence-electron chi connectivity index (χ4n) is 1.82. The highest BCUT2D eigenvalue weighted by Gasteiger charge is 2.25. The van der Waals surface area contributed by atoms with Gasteiger partial charge < -0.3 is 5.32 Å². The third kappa shape index (κ3) is 7.20. The molecule has 1 N–H and O–H groups in total. The van der Waals surface area contributed by atoms with Gasteiger partial charge in [0.05, 0.1) is 0 Å². The summed E-state index contributed by atoms with van der Waals surface area (Å²) in [6.07, 6.45) is -3.49. The zero-order chi connectivity index (χ0) is 15.0. The van der Waals surface area contributed by atoms with Crippen LogP contribution in [0.25, 0.3) is 0 Å². The van der Waals surface area contributed by atoms with Crippen LogP contribution in [0.1, 0.15) is 44.7 Å². The molecule has 0 fully saturated rings. The smallest absolute Gasteiger partial charge is 0.310 e. The molecular formula is C15H22F3NS. The monoisotopic (exact) mass is 305 g/mol. The Morgan fingerprint density at radius 1 is 1.30 bits per heavy atom. The number of nitrogens with one attached hydrogen (secondary N) is 1. The van der Waals surface area contributed by atoms with E-state index < -0.39 is 12.6 Å². The standard InChI is InChI=1S/C15H22F3NS/c1-3-9-19-12(2)13-6-4-7-14(11-13)20-10-5-8-15(16,17)18/h4,6-7,11-12,19H,3,5,8-10H2,1-2H3. The van der Waals surface area contributed by atoms with Crippen molar-refractivity contribution in [1.29, 1.82) is 0 Å². The van der Waals surface area contributed by atoms with Gasteiger partial charge >= 0.3 is 6.18 Å². The van der Waals surface area contributed by atoms with E-state index in [1.54, 1.807) is 0 Å². The van der Waals surface area contributed by atoms with E-state index >= 15 is 0 Å². The first-order valence-electron chi connectivity index (χ1n) is 6.95. The second-order valence-electron chi connectivity index (χ2n) is 4.82. The van der Waals surface area contributed by atoms with Gasteiger partial charge in [0.15, 0.2) is 0 Å². The largest absolute Gasteiger partial charge is 0.389 e. The Kier molecular flexibility index (Phi) is 7.45. The summed E-state index contributed by atoms with van der Waals surface area (Å²) in [5, 5.41) is 3.40. The number of thioether (sulfide) groups is 1. The molecule has 1 atom stereocenters. The first-order chi connectivity index (χ1) is 9.42. The summed E-state index contributed by atoms with van der Waals surface area (Å²) in [6.45, 7) is 5.18. The Bertz CT molecular complexity index is 393. The van der Waals surface area contributed by atoms with Crippen LogP contribution >= 0.6 is 11.8 Å². The minimum atomic E-state index is -4.04. The van der Waals surface area contributed by atoms with Crippen molar-refractivity contribution in [3.05, 3.63) is 29.8 Å². The molecule has 0 heterocycles. The van der Waals surface area contributed by atoms with Crippen LogP contribution in [0.3, 0.4) is 0 Å². The van der Waals surface area contributed by atoms with E-state index in [2.05, 4.69) is 25.2 Å². The Morgan fingerprint density at radius 2 is 2.05 bits per heavy atom. The quantitative estimate of drug-likeness (QED) is 0.524. The van der Waals surface area contributed by atoms with Crippen LogP contribution < -0.4 is 5.32 Å². The average Bonchev–Trinajstić information content (AvgIpc) is 2.40. The number of halogens is 3. The second-order valence-corrected chi connectivity index (χ2v) is 5.98. The summed E-state index contributed by atoms with van der Waals surface area (Å²) < 4.78 is 36.2. The SMILES string of the molecule is CCCNC(C)c1cccc(SCCCC(F)(F)F)c1. The molecule has 20 heavy (non-hydrogen) atoms. The van der Waals surface area contributed by atoms with Gasteiger partial charge in [-0.25, -0.2) is 0 Å². The normalized spacial score (nSPS) is 13.4. The number of benzene rings is 1. The van der Waals surface area contributed by atoms with Gasteiger partial charge in [-0.15, -0.1) is 11.8 Å². The molecule has 0 aliphatic heterocycles. The van der Waals surface area contributed by atoms with E-state index in [-0.39, 0.29) is 12.5 Å². The van der Waals surface area contributed by atoms with E-state index in [9.17, 15) is 13.2 Å². The molecule has 0 aromatic heterocycles. The molecule has 0 amide bonds. The summed E-state index contributed by atoms with van der Waals surface area (Å²) >= 11 is 1.49. The van der Waals surface area contributed by atoms with Crippen molar-refractivity contribution in [1.82, 2.24) is 5.32 Å². The number of hydrogen-bond donors (Lipinski definition) is 1. The number of rotatable bonds is 8. The lowest BCUT2D eigenvalue weighted by Gasteiger charge is -2.14. The molecule has 0 saturated heterocycles. The predicted molar refractivity (Wildman–Crippen MR) is 79.2 cm³/mol. The molecule has 1 unspecified atom stereocenters. The molecule has 0 radical (unpaired) electrons. The Balaban J connectivity index is 2.43. The molecule has 1 rings (SSSR count). The lowest BCUT2D eigenvalue weighted by atomic mass is 10.1. The molecule has 0 aliphatic carbocycles. The van der Waals surface area contributed by atoms with Crippen LogP contribution in [-0.4, -0.2) is 18.5 Å². The van der Waals surface area contributed by atoms with Crippen molar-refractivity contribution in [3.63, 3.8) is 0 Å². The molecule has 0 spiro atoms. The molecule has 0 aliphatic rings. The van der Waals surface area contributed by atoms with Crippen LogP contribution in [0.15, 0.2) is 29.2 Å². The zero-order valence-electron chi connectivity index (χ0n) is 12.0. The van der Waals surface area contributed by atoms with E-state index in [1.165, 1.54) is 17.3 Å². The van der Waals surface area contributed by atoms with Crippen molar-refractivity contribution in [2.45, 2.75) is 50.2 Å². The molecule has 5 heteroatoms. The molecular weight excluding hydrogens is 283 g/mol. The summed E-state index contributed by atoms with van der Waals surface area (Å²) in [4.78, 5) is 1.04. The topological polar surface area (TPSA) is 12.0 Å². The summed E-state index contributed by atoms with van der Waals surface area (Å²) in [5.41, 5.74) is 1.18. The third-order valence-electron chi connectivity index (χ3n) is 2.93. The molecule has 1 aromatic carbocycles. The van der Waals surface area contributed by atoms with Gasteiger partial charge in [0.25, 0.3) is 0 Å². The minimum Gasteiger partial charge on any atom is -0.310 e. The van der Waals surface area contributed by atoms with E-state index in [0.717, 1.165) is 17.9 Å². The molecule has 1 nitrogen and oxygen atoms in total. The maximum Gasteiger partial charge on any atom is 0.389 e.